The number of carbonyl (C=O) groups excluding carboxylic acids is 1. The molecule has 0 bridgehead atoms. The number of nitrogens with zero attached hydrogens (tertiary/aromatic N) is 3. The van der Waals surface area contributed by atoms with E-state index >= 15 is 0 Å². The minimum Gasteiger partial charge on any atom is -0.489 e. The van der Waals surface area contributed by atoms with Gasteiger partial charge in [-0.1, -0.05) is 11.6 Å². The van der Waals surface area contributed by atoms with Crippen LogP contribution in [-0.4, -0.2) is 52.7 Å². The van der Waals surface area contributed by atoms with Gasteiger partial charge in [-0.25, -0.2) is 26.9 Å². The Bertz CT molecular complexity index is 1710. The van der Waals surface area contributed by atoms with Crippen LogP contribution in [0.4, 0.5) is 20.2 Å². The molecule has 2 heterocycles. The predicted octanol–water partition coefficient (Wildman–Crippen LogP) is 4.55. The van der Waals surface area contributed by atoms with Gasteiger partial charge in [0.1, 0.15) is 30.6 Å². The summed E-state index contributed by atoms with van der Waals surface area (Å²) in [4.78, 5) is 17.3. The van der Waals surface area contributed by atoms with Crippen LogP contribution in [-0.2, 0) is 16.6 Å². The highest BCUT2D eigenvalue weighted by Gasteiger charge is 2.18. The predicted molar refractivity (Wildman–Crippen MR) is 152 cm³/mol. The standard InChI is InChI=1S/C27H26ClF2N5O6S/c1-27(2,37)15-41-23-10-24(40-14-16-4-19(29)8-20(30)5-16)25(31-12-23)35-13-17(11-32-35)26(36)33-21-6-18(28)7-22(9-21)34-42(3,38)39/h4-13,34,37H,14-15H2,1-3H3,(H,33,36). The van der Waals surface area contributed by atoms with Crippen LogP contribution < -0.4 is 19.5 Å². The smallest absolute Gasteiger partial charge is 0.258 e. The van der Waals surface area contributed by atoms with Crippen molar-refractivity contribution in [2.24, 2.45) is 0 Å². The van der Waals surface area contributed by atoms with Gasteiger partial charge >= 0.3 is 0 Å². The van der Waals surface area contributed by atoms with Crippen molar-refractivity contribution < 1.29 is 36.6 Å². The maximum atomic E-state index is 13.7. The van der Waals surface area contributed by atoms with Gasteiger partial charge in [0.05, 0.1) is 35.5 Å². The van der Waals surface area contributed by atoms with Crippen LogP contribution in [0.15, 0.2) is 61.1 Å². The van der Waals surface area contributed by atoms with Crippen molar-refractivity contribution in [1.82, 2.24) is 14.8 Å². The number of halogens is 3. The molecule has 0 radical (unpaired) electrons. The number of ether oxygens (including phenoxy) is 2. The molecular weight excluding hydrogens is 596 g/mol. The maximum Gasteiger partial charge on any atom is 0.258 e. The fourth-order valence-corrected chi connectivity index (χ4v) is 4.37. The maximum absolute atomic E-state index is 13.7. The first-order chi connectivity index (χ1) is 19.6. The van der Waals surface area contributed by atoms with Crippen LogP contribution in [0.5, 0.6) is 11.5 Å². The van der Waals surface area contributed by atoms with Crippen molar-refractivity contribution in [1.29, 1.82) is 0 Å². The lowest BCUT2D eigenvalue weighted by atomic mass is 10.2. The molecule has 3 N–H and O–H groups in total. The Kier molecular flexibility index (Phi) is 8.99. The fourth-order valence-electron chi connectivity index (χ4n) is 3.59. The number of aliphatic hydroxyl groups is 1. The van der Waals surface area contributed by atoms with Crippen molar-refractivity contribution >= 4 is 38.9 Å². The highest BCUT2D eigenvalue weighted by Crippen LogP contribution is 2.28. The third-order valence-electron chi connectivity index (χ3n) is 5.24. The largest absolute Gasteiger partial charge is 0.489 e. The van der Waals surface area contributed by atoms with E-state index in [1.54, 1.807) is 13.8 Å². The number of rotatable bonds is 11. The van der Waals surface area contributed by atoms with E-state index in [1.165, 1.54) is 47.5 Å². The van der Waals surface area contributed by atoms with E-state index < -0.39 is 33.2 Å². The quantitative estimate of drug-likeness (QED) is 0.221. The Morgan fingerprint density at radius 3 is 2.40 bits per heavy atom. The van der Waals surface area contributed by atoms with E-state index in [0.717, 1.165) is 24.5 Å². The van der Waals surface area contributed by atoms with Crippen LogP contribution in [0.2, 0.25) is 5.02 Å². The third-order valence-corrected chi connectivity index (χ3v) is 6.06. The molecule has 11 nitrogen and oxygen atoms in total. The molecule has 222 valence electrons. The zero-order valence-electron chi connectivity index (χ0n) is 22.6. The summed E-state index contributed by atoms with van der Waals surface area (Å²) in [5.74, 6) is -1.65. The minimum absolute atomic E-state index is 0.0560. The Morgan fingerprint density at radius 2 is 1.74 bits per heavy atom. The molecule has 0 atom stereocenters. The van der Waals surface area contributed by atoms with Gasteiger partial charge < -0.3 is 19.9 Å². The monoisotopic (exact) mass is 621 g/mol. The second kappa shape index (κ2) is 12.3. The van der Waals surface area contributed by atoms with Gasteiger partial charge in [0.2, 0.25) is 10.0 Å². The molecule has 0 fully saturated rings. The van der Waals surface area contributed by atoms with Crippen molar-refractivity contribution in [2.75, 3.05) is 22.9 Å². The highest BCUT2D eigenvalue weighted by molar-refractivity contribution is 7.92. The fraction of sp³-hybridized carbons (Fsp3) is 0.222. The topological polar surface area (TPSA) is 145 Å². The van der Waals surface area contributed by atoms with Crippen molar-refractivity contribution in [3.05, 3.63) is 88.8 Å². The Labute approximate surface area is 245 Å². The molecular formula is C27H26ClF2N5O6S. The van der Waals surface area contributed by atoms with E-state index in [4.69, 9.17) is 21.1 Å². The van der Waals surface area contributed by atoms with Gasteiger partial charge in [0.25, 0.3) is 5.91 Å². The minimum atomic E-state index is -3.58. The summed E-state index contributed by atoms with van der Waals surface area (Å²) in [6, 6.07) is 8.66. The van der Waals surface area contributed by atoms with Crippen LogP contribution >= 0.6 is 11.6 Å². The number of carbonyl (C=O) groups is 1. The summed E-state index contributed by atoms with van der Waals surface area (Å²) < 4.78 is 65.5. The summed E-state index contributed by atoms with van der Waals surface area (Å²) in [5.41, 5.74) is -0.424. The second-order valence-corrected chi connectivity index (χ2v) is 12.1. The number of aromatic nitrogens is 3. The van der Waals surface area contributed by atoms with Crippen LogP contribution in [0.1, 0.15) is 29.8 Å². The zero-order valence-corrected chi connectivity index (χ0v) is 24.1. The molecule has 2 aromatic carbocycles. The molecule has 0 unspecified atom stereocenters. The van der Waals surface area contributed by atoms with Crippen LogP contribution in [0.25, 0.3) is 5.82 Å². The van der Waals surface area contributed by atoms with Crippen LogP contribution in [0.3, 0.4) is 0 Å². The number of benzene rings is 2. The van der Waals surface area contributed by atoms with E-state index in [-0.39, 0.29) is 58.1 Å². The average molecular weight is 622 g/mol. The number of pyridine rings is 1. The molecule has 0 saturated carbocycles. The third kappa shape index (κ3) is 8.86. The first-order valence-corrected chi connectivity index (χ1v) is 14.5. The lowest BCUT2D eigenvalue weighted by molar-refractivity contribution is 0.0282. The molecule has 0 saturated heterocycles. The number of amides is 1. The van der Waals surface area contributed by atoms with E-state index in [9.17, 15) is 27.1 Å². The van der Waals surface area contributed by atoms with Gasteiger partial charge in [0, 0.05) is 29.0 Å². The summed E-state index contributed by atoms with van der Waals surface area (Å²) in [7, 11) is -3.58. The SMILES string of the molecule is CC(C)(O)COc1cnc(-n2cc(C(=O)Nc3cc(Cl)cc(NS(C)(=O)=O)c3)cn2)c(OCc2cc(F)cc(F)c2)c1. The van der Waals surface area contributed by atoms with Crippen LogP contribution in [0, 0.1) is 11.6 Å². The molecule has 15 heteroatoms. The van der Waals surface area contributed by atoms with Crippen molar-refractivity contribution in [2.45, 2.75) is 26.1 Å². The second-order valence-electron chi connectivity index (χ2n) is 9.89. The Balaban J connectivity index is 1.58. The summed E-state index contributed by atoms with van der Waals surface area (Å²) in [6.45, 7) is 2.84. The van der Waals surface area contributed by atoms with E-state index in [2.05, 4.69) is 20.1 Å². The molecule has 0 aliphatic heterocycles. The Hall–Kier alpha value is -4.27. The molecule has 4 aromatic rings. The molecule has 0 aliphatic rings. The molecule has 0 spiro atoms. The lowest BCUT2D eigenvalue weighted by Gasteiger charge is -2.18. The average Bonchev–Trinajstić information content (AvgIpc) is 3.34. The normalized spacial score (nSPS) is 11.7. The molecule has 0 aliphatic carbocycles. The summed E-state index contributed by atoms with van der Waals surface area (Å²) in [5, 5.41) is 17.0. The number of hydrogen-bond donors (Lipinski definition) is 3. The highest BCUT2D eigenvalue weighted by atomic mass is 35.5. The molecule has 4 rings (SSSR count). The molecule has 2 aromatic heterocycles. The van der Waals surface area contributed by atoms with Crippen molar-refractivity contribution in [3.63, 3.8) is 0 Å². The summed E-state index contributed by atoms with van der Waals surface area (Å²) in [6.07, 6.45) is 4.97. The van der Waals surface area contributed by atoms with E-state index in [0.29, 0.717) is 0 Å². The number of nitrogens with one attached hydrogen (secondary N) is 2. The first kappa shape index (κ1) is 30.7. The van der Waals surface area contributed by atoms with Crippen molar-refractivity contribution in [3.8, 4) is 17.3 Å². The first-order valence-electron chi connectivity index (χ1n) is 12.2. The number of hydrogen-bond acceptors (Lipinski definition) is 8. The Morgan fingerprint density at radius 1 is 1.05 bits per heavy atom. The van der Waals surface area contributed by atoms with Gasteiger partial charge in [-0.2, -0.15) is 5.10 Å². The summed E-state index contributed by atoms with van der Waals surface area (Å²) >= 11 is 6.07. The van der Waals surface area contributed by atoms with Gasteiger partial charge in [-0.3, -0.25) is 9.52 Å². The van der Waals surface area contributed by atoms with Gasteiger partial charge in [-0.05, 0) is 49.7 Å². The lowest BCUT2D eigenvalue weighted by Crippen LogP contribution is -2.27. The number of sulfonamides is 1. The molecule has 42 heavy (non-hydrogen) atoms. The zero-order chi connectivity index (χ0) is 30.7. The number of anilines is 2. The van der Waals surface area contributed by atoms with E-state index in [1.807, 2.05) is 0 Å². The molecule has 1 amide bonds. The van der Waals surface area contributed by atoms with Gasteiger partial charge in [0.15, 0.2) is 11.6 Å². The van der Waals surface area contributed by atoms with Gasteiger partial charge in [-0.15, -0.1) is 0 Å².